The number of benzene rings is 1. The van der Waals surface area contributed by atoms with Gasteiger partial charge in [-0.1, -0.05) is 39.9 Å². The van der Waals surface area contributed by atoms with Gasteiger partial charge in [-0.2, -0.15) is 0 Å². The number of carboxylic acid groups (broad SMARTS) is 2. The second-order valence-corrected chi connectivity index (χ2v) is 7.12. The molecule has 24 heavy (non-hydrogen) atoms. The molecule has 0 atom stereocenters. The highest BCUT2D eigenvalue weighted by Gasteiger charge is 2.33. The predicted octanol–water partition coefficient (Wildman–Crippen LogP) is 2.20. The van der Waals surface area contributed by atoms with Crippen LogP contribution in [-0.2, 0) is 14.4 Å². The monoisotopic (exact) mass is 431 g/mol. The van der Waals surface area contributed by atoms with Gasteiger partial charge < -0.3 is 14.9 Å². The minimum atomic E-state index is -1.17. The maximum absolute atomic E-state index is 12.3. The van der Waals surface area contributed by atoms with Crippen LogP contribution in [0.3, 0.4) is 0 Å². The minimum absolute atomic E-state index is 0.150. The summed E-state index contributed by atoms with van der Waals surface area (Å²) in [5, 5.41) is 17.5. The van der Waals surface area contributed by atoms with E-state index in [1.807, 2.05) is 0 Å². The molecule has 1 aromatic carbocycles. The third-order valence-corrected chi connectivity index (χ3v) is 4.65. The number of hydrogen-bond acceptors (Lipinski definition) is 6. The Morgan fingerprint density at radius 1 is 1.33 bits per heavy atom. The van der Waals surface area contributed by atoms with E-state index in [1.54, 1.807) is 18.2 Å². The van der Waals surface area contributed by atoms with Crippen LogP contribution in [0.1, 0.15) is 5.56 Å². The summed E-state index contributed by atoms with van der Waals surface area (Å²) in [7, 11) is 0. The molecule has 1 saturated heterocycles. The van der Waals surface area contributed by atoms with Crippen LogP contribution >= 0.6 is 39.9 Å². The Hall–Kier alpha value is -1.91. The highest BCUT2D eigenvalue weighted by molar-refractivity contribution is 9.10. The first-order chi connectivity index (χ1) is 11.3. The number of halogens is 1. The number of carbonyl (C=O) groups excluding carboxylic acids is 1. The third-order valence-electron chi connectivity index (χ3n) is 2.78. The van der Waals surface area contributed by atoms with E-state index in [4.69, 9.17) is 27.2 Å². The average molecular weight is 432 g/mol. The van der Waals surface area contributed by atoms with Gasteiger partial charge in [-0.05, 0) is 24.3 Å². The molecule has 0 radical (unpaired) electrons. The summed E-state index contributed by atoms with van der Waals surface area (Å²) in [6.07, 6.45) is 1.49. The molecule has 2 rings (SSSR count). The third kappa shape index (κ3) is 4.56. The first kappa shape index (κ1) is 18.4. The lowest BCUT2D eigenvalue weighted by atomic mass is 10.2. The quantitative estimate of drug-likeness (QED) is 0.521. The smallest absolute Gasteiger partial charge is 0.341 e. The van der Waals surface area contributed by atoms with Crippen molar-refractivity contribution in [3.05, 3.63) is 33.1 Å². The van der Waals surface area contributed by atoms with Crippen LogP contribution in [0, 0.1) is 0 Å². The summed E-state index contributed by atoms with van der Waals surface area (Å²) in [6, 6.07) is 4.89. The zero-order valence-corrected chi connectivity index (χ0v) is 15.1. The number of nitrogens with zero attached hydrogens (tertiary/aromatic N) is 1. The summed E-state index contributed by atoms with van der Waals surface area (Å²) in [5.74, 6) is -2.53. The largest absolute Gasteiger partial charge is 0.481 e. The van der Waals surface area contributed by atoms with Crippen LogP contribution in [0.25, 0.3) is 6.08 Å². The van der Waals surface area contributed by atoms with Gasteiger partial charge in [0.15, 0.2) is 6.61 Å². The molecule has 1 aliphatic heterocycles. The Kier molecular flexibility index (Phi) is 5.97. The highest BCUT2D eigenvalue weighted by atomic mass is 79.9. The van der Waals surface area contributed by atoms with Crippen molar-refractivity contribution in [1.82, 2.24) is 4.90 Å². The number of rotatable bonds is 6. The molecule has 0 unspecified atom stereocenters. The first-order valence-electron chi connectivity index (χ1n) is 6.39. The second-order valence-electron chi connectivity index (χ2n) is 4.53. The van der Waals surface area contributed by atoms with Gasteiger partial charge in [0.1, 0.15) is 16.6 Å². The van der Waals surface area contributed by atoms with Crippen LogP contribution < -0.4 is 4.74 Å². The number of ether oxygens (including phenoxy) is 1. The van der Waals surface area contributed by atoms with Crippen LogP contribution in [0.15, 0.2) is 27.6 Å². The van der Waals surface area contributed by atoms with Gasteiger partial charge in [0.05, 0.1) is 4.91 Å². The normalized spacial score (nSPS) is 15.9. The molecule has 0 aromatic heterocycles. The molecule has 1 amide bonds. The average Bonchev–Trinajstić information content (AvgIpc) is 2.73. The van der Waals surface area contributed by atoms with Crippen molar-refractivity contribution in [2.45, 2.75) is 0 Å². The molecule has 0 spiro atoms. The number of thioether (sulfide) groups is 1. The van der Waals surface area contributed by atoms with Gasteiger partial charge in [-0.3, -0.25) is 14.5 Å². The van der Waals surface area contributed by atoms with Gasteiger partial charge in [-0.25, -0.2) is 4.79 Å². The van der Waals surface area contributed by atoms with E-state index in [9.17, 15) is 14.4 Å². The topological polar surface area (TPSA) is 104 Å². The SMILES string of the molecule is O=C(O)COc1ccc(Br)cc1/C=C1/SC(=S)N(CC(=O)O)C1=O. The summed E-state index contributed by atoms with van der Waals surface area (Å²) in [6.45, 7) is -1.04. The van der Waals surface area contributed by atoms with Gasteiger partial charge >= 0.3 is 11.9 Å². The number of carboxylic acids is 2. The molecule has 1 heterocycles. The number of amides is 1. The van der Waals surface area contributed by atoms with E-state index < -0.39 is 31.0 Å². The molecular formula is C14H10BrNO6S2. The molecule has 2 N–H and O–H groups in total. The molecule has 0 saturated carbocycles. The van der Waals surface area contributed by atoms with Gasteiger partial charge in [0.25, 0.3) is 5.91 Å². The fourth-order valence-electron chi connectivity index (χ4n) is 1.82. The van der Waals surface area contributed by atoms with Crippen molar-refractivity contribution < 1.29 is 29.3 Å². The molecule has 10 heteroatoms. The van der Waals surface area contributed by atoms with Crippen LogP contribution in [0.5, 0.6) is 5.75 Å². The lowest BCUT2D eigenvalue weighted by Gasteiger charge is -2.10. The lowest BCUT2D eigenvalue weighted by molar-refractivity contribution is -0.140. The summed E-state index contributed by atoms with van der Waals surface area (Å²) >= 11 is 9.29. The molecular weight excluding hydrogens is 422 g/mol. The molecule has 0 aliphatic carbocycles. The Bertz CT molecular complexity index is 764. The molecule has 1 aromatic rings. The highest BCUT2D eigenvalue weighted by Crippen LogP contribution is 2.34. The van der Waals surface area contributed by atoms with Crippen molar-refractivity contribution in [2.24, 2.45) is 0 Å². The van der Waals surface area contributed by atoms with Crippen molar-refractivity contribution in [1.29, 1.82) is 0 Å². The molecule has 0 bridgehead atoms. The van der Waals surface area contributed by atoms with Gasteiger partial charge in [-0.15, -0.1) is 0 Å². The summed E-state index contributed by atoms with van der Waals surface area (Å²) in [5.41, 5.74) is 0.474. The molecule has 7 nitrogen and oxygen atoms in total. The molecule has 1 aliphatic rings. The Labute approximate surface area is 154 Å². The lowest BCUT2D eigenvalue weighted by Crippen LogP contribution is -2.33. The van der Waals surface area contributed by atoms with E-state index in [1.165, 1.54) is 6.08 Å². The zero-order chi connectivity index (χ0) is 17.9. The first-order valence-corrected chi connectivity index (χ1v) is 8.41. The Morgan fingerprint density at radius 2 is 2.04 bits per heavy atom. The predicted molar refractivity (Wildman–Crippen MR) is 94.8 cm³/mol. The zero-order valence-electron chi connectivity index (χ0n) is 11.9. The maximum Gasteiger partial charge on any atom is 0.341 e. The standard InChI is InChI=1S/C14H10BrNO6S2/c15-8-1-2-9(22-6-12(19)20)7(3-8)4-10-13(21)16(5-11(17)18)14(23)24-10/h1-4H,5-6H2,(H,17,18)(H,19,20)/b10-4+. The fraction of sp³-hybridized carbons (Fsp3) is 0.143. The fourth-order valence-corrected chi connectivity index (χ4v) is 3.44. The second kappa shape index (κ2) is 7.77. The van der Waals surface area contributed by atoms with E-state index in [0.717, 1.165) is 16.7 Å². The number of hydrogen-bond donors (Lipinski definition) is 2. The summed E-state index contributed by atoms with van der Waals surface area (Å²) in [4.78, 5) is 34.9. The van der Waals surface area contributed by atoms with E-state index in [0.29, 0.717) is 10.0 Å². The summed E-state index contributed by atoms with van der Waals surface area (Å²) < 4.78 is 6.05. The number of aliphatic carboxylic acids is 2. The van der Waals surface area contributed by atoms with Gasteiger partial charge in [0, 0.05) is 10.0 Å². The van der Waals surface area contributed by atoms with Crippen molar-refractivity contribution in [2.75, 3.05) is 13.2 Å². The number of thiocarbonyl (C=S) groups is 1. The van der Waals surface area contributed by atoms with E-state index in [-0.39, 0.29) is 15.0 Å². The Balaban J connectivity index is 2.32. The molecule has 1 fully saturated rings. The Morgan fingerprint density at radius 3 is 2.67 bits per heavy atom. The molecule has 126 valence electrons. The van der Waals surface area contributed by atoms with Crippen LogP contribution in [0.2, 0.25) is 0 Å². The minimum Gasteiger partial charge on any atom is -0.481 e. The van der Waals surface area contributed by atoms with E-state index >= 15 is 0 Å². The maximum atomic E-state index is 12.3. The van der Waals surface area contributed by atoms with Crippen LogP contribution in [-0.4, -0.2) is 50.4 Å². The van der Waals surface area contributed by atoms with Crippen molar-refractivity contribution >= 4 is 68.2 Å². The van der Waals surface area contributed by atoms with Crippen molar-refractivity contribution in [3.8, 4) is 5.75 Å². The number of carbonyl (C=O) groups is 3. The van der Waals surface area contributed by atoms with Gasteiger partial charge in [0.2, 0.25) is 0 Å². The van der Waals surface area contributed by atoms with Crippen molar-refractivity contribution in [3.63, 3.8) is 0 Å². The van der Waals surface area contributed by atoms with E-state index in [2.05, 4.69) is 15.9 Å². The van der Waals surface area contributed by atoms with Crippen LogP contribution in [0.4, 0.5) is 0 Å².